The van der Waals surface area contributed by atoms with Crippen LogP contribution in [0.25, 0.3) is 0 Å². The number of aryl methyl sites for hydroxylation is 2. The Balaban J connectivity index is 2.11. The molecule has 0 saturated heterocycles. The number of alkyl halides is 1. The fourth-order valence-electron chi connectivity index (χ4n) is 2.21. The molecule has 1 nitrogen and oxygen atoms in total. The molecule has 0 aliphatic carbocycles. The second-order valence-corrected chi connectivity index (χ2v) is 5.40. The van der Waals surface area contributed by atoms with Gasteiger partial charge in [-0.15, -0.1) is 11.6 Å². The first kappa shape index (κ1) is 15.5. The number of hydrogen-bond donors (Lipinski definition) is 0. The van der Waals surface area contributed by atoms with Gasteiger partial charge in [-0.3, -0.25) is 0 Å². The topological polar surface area (TPSA) is 9.23 Å². The van der Waals surface area contributed by atoms with Crippen LogP contribution in [0.5, 0.6) is 5.75 Å². The highest BCUT2D eigenvalue weighted by molar-refractivity contribution is 6.18. The fourth-order valence-corrected chi connectivity index (χ4v) is 2.31. The van der Waals surface area contributed by atoms with E-state index >= 15 is 0 Å². The lowest BCUT2D eigenvalue weighted by atomic mass is 10.1. The van der Waals surface area contributed by atoms with E-state index in [-0.39, 0.29) is 0 Å². The third-order valence-electron chi connectivity index (χ3n) is 3.01. The lowest BCUT2D eigenvalue weighted by Crippen LogP contribution is -1.98. The van der Waals surface area contributed by atoms with Crippen molar-refractivity contribution in [3.05, 3.63) is 64.7 Å². The molecule has 0 bridgehead atoms. The van der Waals surface area contributed by atoms with Crippen molar-refractivity contribution in [2.75, 3.05) is 5.88 Å². The largest absolute Gasteiger partial charge is 0.488 e. The van der Waals surface area contributed by atoms with Gasteiger partial charge in [-0.2, -0.15) is 0 Å². The summed E-state index contributed by atoms with van der Waals surface area (Å²) in [6.07, 6.45) is 0.687. The van der Waals surface area contributed by atoms with Crippen molar-refractivity contribution in [1.82, 2.24) is 0 Å². The Kier molecular flexibility index (Phi) is 5.72. The van der Waals surface area contributed by atoms with Crippen LogP contribution in [0.2, 0.25) is 0 Å². The van der Waals surface area contributed by atoms with E-state index in [1.807, 2.05) is 24.3 Å². The molecular formula is C19H19ClO. The first-order valence-corrected chi connectivity index (χ1v) is 7.56. The Morgan fingerprint density at radius 3 is 2.48 bits per heavy atom. The van der Waals surface area contributed by atoms with Crippen LogP contribution in [0.15, 0.2) is 42.5 Å². The fraction of sp³-hybridized carbons (Fsp3) is 0.263. The summed E-state index contributed by atoms with van der Waals surface area (Å²) in [5.41, 5.74) is 4.59. The Morgan fingerprint density at radius 2 is 1.76 bits per heavy atom. The van der Waals surface area contributed by atoms with Crippen molar-refractivity contribution >= 4 is 11.6 Å². The van der Waals surface area contributed by atoms with Gasteiger partial charge in [0.1, 0.15) is 12.4 Å². The zero-order chi connectivity index (χ0) is 15.1. The quantitative estimate of drug-likeness (QED) is 0.578. The second kappa shape index (κ2) is 7.76. The Bertz CT molecular complexity index is 645. The smallest absolute Gasteiger partial charge is 0.135 e. The van der Waals surface area contributed by atoms with Crippen molar-refractivity contribution in [3.8, 4) is 17.6 Å². The van der Waals surface area contributed by atoms with Gasteiger partial charge >= 0.3 is 0 Å². The molecular weight excluding hydrogens is 280 g/mol. The lowest BCUT2D eigenvalue weighted by molar-refractivity contribution is 0.305. The van der Waals surface area contributed by atoms with Gasteiger partial charge in [-0.25, -0.2) is 0 Å². The van der Waals surface area contributed by atoms with Gasteiger partial charge in [0, 0.05) is 12.3 Å². The molecule has 0 aliphatic heterocycles. The van der Waals surface area contributed by atoms with Crippen LogP contribution in [0.1, 0.15) is 28.7 Å². The molecule has 0 unspecified atom stereocenters. The van der Waals surface area contributed by atoms with Crippen LogP contribution in [0, 0.1) is 25.7 Å². The number of halogens is 1. The van der Waals surface area contributed by atoms with Crippen molar-refractivity contribution in [2.24, 2.45) is 0 Å². The number of hydrogen-bond acceptors (Lipinski definition) is 1. The van der Waals surface area contributed by atoms with Gasteiger partial charge in [0.05, 0.1) is 5.56 Å². The molecule has 0 aromatic heterocycles. The van der Waals surface area contributed by atoms with Crippen molar-refractivity contribution < 1.29 is 4.74 Å². The SMILES string of the molecule is Cc1cc(C)cc(COc2ccccc2C#CCCCl)c1. The normalized spacial score (nSPS) is 9.86. The van der Waals surface area contributed by atoms with Crippen molar-refractivity contribution in [3.63, 3.8) is 0 Å². The maximum atomic E-state index is 5.93. The summed E-state index contributed by atoms with van der Waals surface area (Å²) >= 11 is 5.64. The number of rotatable bonds is 4. The molecule has 0 heterocycles. The van der Waals surface area contributed by atoms with E-state index in [1.54, 1.807) is 0 Å². The van der Waals surface area contributed by atoms with E-state index in [2.05, 4.69) is 43.9 Å². The number of benzene rings is 2. The minimum Gasteiger partial charge on any atom is -0.488 e. The summed E-state index contributed by atoms with van der Waals surface area (Å²) in [6.45, 7) is 4.75. The predicted molar refractivity (Wildman–Crippen MR) is 88.9 cm³/mol. The van der Waals surface area contributed by atoms with Crippen LogP contribution in [0.4, 0.5) is 0 Å². The van der Waals surface area contributed by atoms with Crippen LogP contribution >= 0.6 is 11.6 Å². The Labute approximate surface area is 131 Å². The van der Waals surface area contributed by atoms with Gasteiger partial charge in [-0.05, 0) is 31.5 Å². The van der Waals surface area contributed by atoms with Crippen LogP contribution in [0.3, 0.4) is 0 Å². The third-order valence-corrected chi connectivity index (χ3v) is 3.19. The third kappa shape index (κ3) is 4.85. The van der Waals surface area contributed by atoms with E-state index in [1.165, 1.54) is 16.7 Å². The molecule has 0 spiro atoms. The van der Waals surface area contributed by atoms with E-state index in [0.29, 0.717) is 18.9 Å². The summed E-state index contributed by atoms with van der Waals surface area (Å²) in [5.74, 6) is 7.53. The summed E-state index contributed by atoms with van der Waals surface area (Å²) in [7, 11) is 0. The van der Waals surface area contributed by atoms with Crippen LogP contribution in [-0.2, 0) is 6.61 Å². The molecule has 2 aromatic rings. The zero-order valence-electron chi connectivity index (χ0n) is 12.4. The van der Waals surface area contributed by atoms with E-state index in [9.17, 15) is 0 Å². The van der Waals surface area contributed by atoms with Crippen molar-refractivity contribution in [2.45, 2.75) is 26.9 Å². The standard InChI is InChI=1S/C19H19ClO/c1-15-11-16(2)13-17(12-15)14-21-19-9-4-3-7-18(19)8-5-6-10-20/h3-4,7,9,11-13H,6,10,14H2,1-2H3. The molecule has 0 aliphatic rings. The van der Waals surface area contributed by atoms with E-state index in [4.69, 9.17) is 16.3 Å². The van der Waals surface area contributed by atoms with Crippen LogP contribution < -0.4 is 4.74 Å². The van der Waals surface area contributed by atoms with Gasteiger partial charge in [0.2, 0.25) is 0 Å². The molecule has 0 radical (unpaired) electrons. The predicted octanol–water partition coefficient (Wildman–Crippen LogP) is 4.86. The summed E-state index contributed by atoms with van der Waals surface area (Å²) in [6, 6.07) is 14.3. The van der Waals surface area contributed by atoms with Gasteiger partial charge < -0.3 is 4.74 Å². The average molecular weight is 299 g/mol. The van der Waals surface area contributed by atoms with Gasteiger partial charge in [-0.1, -0.05) is 53.3 Å². The first-order chi connectivity index (χ1) is 10.2. The molecule has 0 amide bonds. The summed E-state index contributed by atoms with van der Waals surface area (Å²) in [5, 5.41) is 0. The maximum absolute atomic E-state index is 5.93. The molecule has 0 saturated carbocycles. The highest BCUT2D eigenvalue weighted by Gasteiger charge is 2.02. The van der Waals surface area contributed by atoms with E-state index < -0.39 is 0 Å². The van der Waals surface area contributed by atoms with Gasteiger partial charge in [0.25, 0.3) is 0 Å². The minimum absolute atomic E-state index is 0.552. The monoisotopic (exact) mass is 298 g/mol. The molecule has 0 N–H and O–H groups in total. The Morgan fingerprint density at radius 1 is 1.05 bits per heavy atom. The highest BCUT2D eigenvalue weighted by atomic mass is 35.5. The highest BCUT2D eigenvalue weighted by Crippen LogP contribution is 2.19. The minimum atomic E-state index is 0.552. The molecule has 2 aromatic carbocycles. The molecule has 0 fully saturated rings. The first-order valence-electron chi connectivity index (χ1n) is 7.03. The Hall–Kier alpha value is -1.91. The van der Waals surface area contributed by atoms with Crippen LogP contribution in [-0.4, -0.2) is 5.88 Å². The second-order valence-electron chi connectivity index (χ2n) is 5.02. The summed E-state index contributed by atoms with van der Waals surface area (Å²) < 4.78 is 5.93. The number of ether oxygens (including phenoxy) is 1. The number of para-hydroxylation sites is 1. The zero-order valence-corrected chi connectivity index (χ0v) is 13.2. The molecule has 0 atom stereocenters. The van der Waals surface area contributed by atoms with Crippen molar-refractivity contribution in [1.29, 1.82) is 0 Å². The maximum Gasteiger partial charge on any atom is 0.135 e. The van der Waals surface area contributed by atoms with E-state index in [0.717, 1.165) is 11.3 Å². The molecule has 21 heavy (non-hydrogen) atoms. The van der Waals surface area contributed by atoms with Gasteiger partial charge in [0.15, 0.2) is 0 Å². The molecule has 108 valence electrons. The summed E-state index contributed by atoms with van der Waals surface area (Å²) in [4.78, 5) is 0. The average Bonchev–Trinajstić information content (AvgIpc) is 2.45. The molecule has 2 heteroatoms. The lowest BCUT2D eigenvalue weighted by Gasteiger charge is -2.09. The molecule has 2 rings (SSSR count).